The zero-order chi connectivity index (χ0) is 17.7. The third kappa shape index (κ3) is 3.71. The van der Waals surface area contributed by atoms with Crippen molar-refractivity contribution in [2.75, 3.05) is 25.1 Å². The molecule has 0 saturated heterocycles. The number of hydrogen-bond acceptors (Lipinski definition) is 4. The van der Waals surface area contributed by atoms with E-state index in [9.17, 15) is 8.42 Å². The van der Waals surface area contributed by atoms with Crippen LogP contribution in [-0.2, 0) is 10.0 Å². The minimum absolute atomic E-state index is 0.218. The molecule has 0 aliphatic heterocycles. The number of ether oxygens (including phenoxy) is 2. The van der Waals surface area contributed by atoms with Gasteiger partial charge >= 0.3 is 0 Å². The van der Waals surface area contributed by atoms with Gasteiger partial charge in [0, 0.05) is 7.05 Å². The second-order valence-corrected chi connectivity index (χ2v) is 7.17. The summed E-state index contributed by atoms with van der Waals surface area (Å²) >= 11 is 0. The van der Waals surface area contributed by atoms with Gasteiger partial charge in [0.05, 0.1) is 17.7 Å². The average Bonchev–Trinajstić information content (AvgIpc) is 2.59. The Morgan fingerprint density at radius 1 is 1.17 bits per heavy atom. The summed E-state index contributed by atoms with van der Waals surface area (Å²) in [6.45, 7) is 5.80. The van der Waals surface area contributed by atoms with E-state index in [0.29, 0.717) is 23.8 Å². The average molecular weight is 347 g/mol. The highest BCUT2D eigenvalue weighted by molar-refractivity contribution is 7.92. The third-order valence-electron chi connectivity index (χ3n) is 3.59. The molecular weight excluding hydrogens is 326 g/mol. The third-order valence-corrected chi connectivity index (χ3v) is 5.37. The van der Waals surface area contributed by atoms with Crippen LogP contribution in [0.5, 0.6) is 11.5 Å². The van der Waals surface area contributed by atoms with Crippen molar-refractivity contribution in [2.24, 2.45) is 0 Å². The summed E-state index contributed by atoms with van der Waals surface area (Å²) in [5.74, 6) is 1.31. The molecule has 0 atom stereocenters. The molecule has 5 nitrogen and oxygen atoms in total. The number of sulfonamides is 1. The number of aryl methyl sites for hydroxylation is 1. The van der Waals surface area contributed by atoms with Crippen LogP contribution >= 0.6 is 0 Å². The normalized spacial score (nSPS) is 11.0. The van der Waals surface area contributed by atoms with E-state index < -0.39 is 10.0 Å². The summed E-state index contributed by atoms with van der Waals surface area (Å²) in [5, 5.41) is 0. The lowest BCUT2D eigenvalue weighted by molar-refractivity contribution is 0.363. The SMILES string of the molecule is C=CCOc1ccc(N(C)S(=O)(=O)c2ccc(OC)c(C)c2)cc1. The summed E-state index contributed by atoms with van der Waals surface area (Å²) in [5.41, 5.74) is 1.31. The van der Waals surface area contributed by atoms with E-state index in [-0.39, 0.29) is 4.90 Å². The Hall–Kier alpha value is -2.47. The van der Waals surface area contributed by atoms with Gasteiger partial charge in [-0.3, -0.25) is 4.31 Å². The molecule has 0 aromatic heterocycles. The van der Waals surface area contributed by atoms with Gasteiger partial charge in [-0.1, -0.05) is 12.7 Å². The first-order chi connectivity index (χ1) is 11.4. The van der Waals surface area contributed by atoms with Gasteiger partial charge in [-0.25, -0.2) is 8.42 Å². The van der Waals surface area contributed by atoms with Crippen molar-refractivity contribution in [3.05, 3.63) is 60.7 Å². The highest BCUT2D eigenvalue weighted by Gasteiger charge is 2.22. The van der Waals surface area contributed by atoms with Crippen molar-refractivity contribution in [1.29, 1.82) is 0 Å². The Balaban J connectivity index is 2.28. The number of hydrogen-bond donors (Lipinski definition) is 0. The molecule has 0 saturated carbocycles. The Labute approximate surface area is 143 Å². The summed E-state index contributed by atoms with van der Waals surface area (Å²) in [6.07, 6.45) is 1.65. The van der Waals surface area contributed by atoms with E-state index in [4.69, 9.17) is 9.47 Å². The lowest BCUT2D eigenvalue weighted by atomic mass is 10.2. The van der Waals surface area contributed by atoms with Crippen molar-refractivity contribution in [1.82, 2.24) is 0 Å². The fourth-order valence-corrected chi connectivity index (χ4v) is 3.50. The van der Waals surface area contributed by atoms with Gasteiger partial charge in [0.1, 0.15) is 18.1 Å². The van der Waals surface area contributed by atoms with Crippen molar-refractivity contribution in [3.8, 4) is 11.5 Å². The van der Waals surface area contributed by atoms with Crippen LogP contribution in [0.25, 0.3) is 0 Å². The predicted octanol–water partition coefficient (Wildman–Crippen LogP) is 3.39. The zero-order valence-electron chi connectivity index (χ0n) is 14.0. The number of benzene rings is 2. The molecule has 0 radical (unpaired) electrons. The lowest BCUT2D eigenvalue weighted by Gasteiger charge is -2.20. The molecule has 128 valence electrons. The molecular formula is C18H21NO4S. The van der Waals surface area contributed by atoms with Gasteiger partial charge in [0.2, 0.25) is 0 Å². The zero-order valence-corrected chi connectivity index (χ0v) is 14.8. The van der Waals surface area contributed by atoms with Crippen LogP contribution in [0.2, 0.25) is 0 Å². The fraction of sp³-hybridized carbons (Fsp3) is 0.222. The largest absolute Gasteiger partial charge is 0.496 e. The fourth-order valence-electron chi connectivity index (χ4n) is 2.22. The highest BCUT2D eigenvalue weighted by atomic mass is 32.2. The standard InChI is InChI=1S/C18H21NO4S/c1-5-12-23-16-8-6-15(7-9-16)19(3)24(20,21)17-10-11-18(22-4)14(2)13-17/h5-11,13H,1,12H2,2-4H3. The summed E-state index contributed by atoms with van der Waals surface area (Å²) in [4.78, 5) is 0.218. The second-order valence-electron chi connectivity index (χ2n) is 5.20. The van der Waals surface area contributed by atoms with Gasteiger partial charge in [0.15, 0.2) is 0 Å². The van der Waals surface area contributed by atoms with E-state index in [2.05, 4.69) is 6.58 Å². The molecule has 6 heteroatoms. The molecule has 2 aromatic rings. The van der Waals surface area contributed by atoms with Crippen molar-refractivity contribution in [2.45, 2.75) is 11.8 Å². The first-order valence-electron chi connectivity index (χ1n) is 7.37. The first-order valence-corrected chi connectivity index (χ1v) is 8.81. The van der Waals surface area contributed by atoms with Gasteiger partial charge in [-0.15, -0.1) is 0 Å². The van der Waals surface area contributed by atoms with Crippen LogP contribution in [0.4, 0.5) is 5.69 Å². The van der Waals surface area contributed by atoms with Crippen LogP contribution in [0.15, 0.2) is 60.0 Å². The molecule has 0 spiro atoms. The summed E-state index contributed by atoms with van der Waals surface area (Å²) in [6, 6.07) is 11.7. The van der Waals surface area contributed by atoms with Crippen LogP contribution in [0.3, 0.4) is 0 Å². The molecule has 0 unspecified atom stereocenters. The minimum atomic E-state index is -3.65. The van der Waals surface area contributed by atoms with Gasteiger partial charge < -0.3 is 9.47 Å². The molecule has 0 aliphatic rings. The quantitative estimate of drug-likeness (QED) is 0.721. The van der Waals surface area contributed by atoms with Crippen LogP contribution in [0.1, 0.15) is 5.56 Å². The molecule has 0 bridgehead atoms. The highest BCUT2D eigenvalue weighted by Crippen LogP contribution is 2.27. The second kappa shape index (κ2) is 7.40. The smallest absolute Gasteiger partial charge is 0.264 e. The first kappa shape index (κ1) is 17.9. The predicted molar refractivity (Wildman–Crippen MR) is 95.5 cm³/mol. The van der Waals surface area contributed by atoms with Gasteiger partial charge in [0.25, 0.3) is 10.0 Å². The van der Waals surface area contributed by atoms with Gasteiger partial charge in [-0.05, 0) is 55.0 Å². The van der Waals surface area contributed by atoms with Crippen LogP contribution < -0.4 is 13.8 Å². The van der Waals surface area contributed by atoms with Crippen LogP contribution in [-0.4, -0.2) is 29.2 Å². The molecule has 24 heavy (non-hydrogen) atoms. The summed E-state index contributed by atoms with van der Waals surface area (Å²) in [7, 11) is -0.572. The Morgan fingerprint density at radius 3 is 2.38 bits per heavy atom. The number of anilines is 1. The van der Waals surface area contributed by atoms with Crippen molar-refractivity contribution >= 4 is 15.7 Å². The van der Waals surface area contributed by atoms with E-state index in [1.807, 2.05) is 6.92 Å². The Kier molecular flexibility index (Phi) is 5.51. The number of rotatable bonds is 7. The topological polar surface area (TPSA) is 55.8 Å². The lowest BCUT2D eigenvalue weighted by Crippen LogP contribution is -2.26. The molecule has 0 N–H and O–H groups in total. The van der Waals surface area contributed by atoms with Crippen molar-refractivity contribution < 1.29 is 17.9 Å². The summed E-state index contributed by atoms with van der Waals surface area (Å²) < 4.78 is 37.4. The maximum atomic E-state index is 12.8. The maximum Gasteiger partial charge on any atom is 0.264 e. The molecule has 0 amide bonds. The van der Waals surface area contributed by atoms with Gasteiger partial charge in [-0.2, -0.15) is 0 Å². The van der Waals surface area contributed by atoms with E-state index in [1.165, 1.54) is 11.4 Å². The minimum Gasteiger partial charge on any atom is -0.496 e. The molecule has 0 heterocycles. The molecule has 0 fully saturated rings. The van der Waals surface area contributed by atoms with Crippen molar-refractivity contribution in [3.63, 3.8) is 0 Å². The number of nitrogens with zero attached hydrogens (tertiary/aromatic N) is 1. The maximum absolute atomic E-state index is 12.8. The molecule has 0 aliphatic carbocycles. The molecule has 2 aromatic carbocycles. The number of methoxy groups -OCH3 is 1. The Bertz CT molecular complexity index is 813. The Morgan fingerprint density at radius 2 is 1.83 bits per heavy atom. The molecule has 2 rings (SSSR count). The monoisotopic (exact) mass is 347 g/mol. The van der Waals surface area contributed by atoms with Crippen LogP contribution in [0, 0.1) is 6.92 Å². The van der Waals surface area contributed by atoms with E-state index in [1.54, 1.807) is 55.7 Å². The van der Waals surface area contributed by atoms with E-state index in [0.717, 1.165) is 5.56 Å². The van der Waals surface area contributed by atoms with E-state index >= 15 is 0 Å².